The molecular formula is C17H13FN4O3S. The molecule has 2 N–H and O–H groups in total. The summed E-state index contributed by atoms with van der Waals surface area (Å²) in [6.07, 6.45) is 1.94. The quantitative estimate of drug-likeness (QED) is 0.420. The van der Waals surface area contributed by atoms with E-state index < -0.39 is 22.3 Å². The summed E-state index contributed by atoms with van der Waals surface area (Å²) in [7, 11) is 0. The first-order valence-electron chi connectivity index (χ1n) is 7.39. The van der Waals surface area contributed by atoms with Crippen molar-refractivity contribution >= 4 is 23.4 Å². The van der Waals surface area contributed by atoms with Gasteiger partial charge in [0.15, 0.2) is 5.69 Å². The van der Waals surface area contributed by atoms with Gasteiger partial charge in [-0.3, -0.25) is 14.9 Å². The zero-order valence-corrected chi connectivity index (χ0v) is 14.4. The van der Waals surface area contributed by atoms with Crippen molar-refractivity contribution < 1.29 is 14.1 Å². The van der Waals surface area contributed by atoms with Crippen molar-refractivity contribution in [2.75, 3.05) is 6.26 Å². The molecule has 9 heteroatoms. The number of aromatic nitrogens is 2. The summed E-state index contributed by atoms with van der Waals surface area (Å²) in [4.78, 5) is 23.2. The SMILES string of the molecule is CSc1ccc(-c2cc(C(N)=O)nn2-c2ccc(F)cc2[N+](=O)[O-])cc1. The maximum Gasteiger partial charge on any atom is 0.297 e. The lowest BCUT2D eigenvalue weighted by Crippen LogP contribution is -2.12. The standard InChI is InChI=1S/C17H13FN4O3S/c1-26-12-5-2-10(3-6-12)15-9-13(17(19)23)20-21(15)14-7-4-11(18)8-16(14)22(24)25/h2-9H,1H3,(H2,19,23). The predicted octanol–water partition coefficient (Wildman–Crippen LogP) is 3.41. The van der Waals surface area contributed by atoms with Crippen molar-refractivity contribution in [1.29, 1.82) is 0 Å². The van der Waals surface area contributed by atoms with Gasteiger partial charge in [-0.15, -0.1) is 11.8 Å². The molecule has 26 heavy (non-hydrogen) atoms. The summed E-state index contributed by atoms with van der Waals surface area (Å²) in [6.45, 7) is 0. The van der Waals surface area contributed by atoms with Crippen LogP contribution in [0.15, 0.2) is 53.4 Å². The summed E-state index contributed by atoms with van der Waals surface area (Å²) in [5.74, 6) is -1.51. The van der Waals surface area contributed by atoms with Gasteiger partial charge in [-0.2, -0.15) is 5.10 Å². The average molecular weight is 372 g/mol. The van der Waals surface area contributed by atoms with Crippen molar-refractivity contribution in [3.8, 4) is 16.9 Å². The lowest BCUT2D eigenvalue weighted by molar-refractivity contribution is -0.384. The highest BCUT2D eigenvalue weighted by Crippen LogP contribution is 2.30. The number of halogens is 1. The molecule has 0 saturated heterocycles. The first-order chi connectivity index (χ1) is 12.4. The Labute approximate surface area is 151 Å². The van der Waals surface area contributed by atoms with E-state index in [-0.39, 0.29) is 11.4 Å². The molecule has 1 aromatic heterocycles. The first-order valence-corrected chi connectivity index (χ1v) is 8.62. The summed E-state index contributed by atoms with van der Waals surface area (Å²) < 4.78 is 14.7. The highest BCUT2D eigenvalue weighted by atomic mass is 32.2. The topological polar surface area (TPSA) is 104 Å². The van der Waals surface area contributed by atoms with E-state index in [1.807, 2.05) is 18.4 Å². The molecule has 0 aliphatic carbocycles. The lowest BCUT2D eigenvalue weighted by atomic mass is 10.1. The molecule has 132 valence electrons. The van der Waals surface area contributed by atoms with Gasteiger partial charge in [-0.25, -0.2) is 9.07 Å². The second kappa shape index (κ2) is 6.96. The number of rotatable bonds is 5. The number of nitro benzene ring substituents is 1. The van der Waals surface area contributed by atoms with Crippen molar-refractivity contribution in [3.63, 3.8) is 0 Å². The zero-order valence-electron chi connectivity index (χ0n) is 13.5. The first kappa shape index (κ1) is 17.6. The Morgan fingerprint density at radius 1 is 1.23 bits per heavy atom. The third-order valence-electron chi connectivity index (χ3n) is 3.71. The van der Waals surface area contributed by atoms with E-state index in [2.05, 4.69) is 5.10 Å². The highest BCUT2D eigenvalue weighted by Gasteiger charge is 2.22. The second-order valence-electron chi connectivity index (χ2n) is 5.31. The molecule has 0 spiro atoms. The van der Waals surface area contributed by atoms with Crippen molar-refractivity contribution in [1.82, 2.24) is 9.78 Å². The zero-order chi connectivity index (χ0) is 18.8. The van der Waals surface area contributed by atoms with E-state index in [0.717, 1.165) is 17.0 Å². The van der Waals surface area contributed by atoms with Crippen LogP contribution in [-0.4, -0.2) is 26.9 Å². The number of nitrogens with zero attached hydrogens (tertiary/aromatic N) is 3. The molecule has 7 nitrogen and oxygen atoms in total. The number of carbonyl (C=O) groups excluding carboxylic acids is 1. The van der Waals surface area contributed by atoms with Crippen LogP contribution in [0.1, 0.15) is 10.5 Å². The van der Waals surface area contributed by atoms with Gasteiger partial charge in [-0.1, -0.05) is 12.1 Å². The minimum absolute atomic E-state index is 0.0350. The molecule has 0 atom stereocenters. The van der Waals surface area contributed by atoms with Crippen LogP contribution in [0.25, 0.3) is 16.9 Å². The number of nitrogens with two attached hydrogens (primary N) is 1. The highest BCUT2D eigenvalue weighted by molar-refractivity contribution is 7.98. The maximum atomic E-state index is 13.5. The maximum absolute atomic E-state index is 13.5. The minimum Gasteiger partial charge on any atom is -0.364 e. The molecular weight excluding hydrogens is 359 g/mol. The van der Waals surface area contributed by atoms with Gasteiger partial charge in [0, 0.05) is 10.5 Å². The van der Waals surface area contributed by atoms with Gasteiger partial charge in [-0.05, 0) is 36.6 Å². The lowest BCUT2D eigenvalue weighted by Gasteiger charge is -2.09. The molecule has 3 rings (SSSR count). The third kappa shape index (κ3) is 3.29. The van der Waals surface area contributed by atoms with Crippen LogP contribution >= 0.6 is 11.8 Å². The van der Waals surface area contributed by atoms with Crippen molar-refractivity contribution in [3.05, 3.63) is 70.2 Å². The van der Waals surface area contributed by atoms with Crippen LogP contribution in [0, 0.1) is 15.9 Å². The summed E-state index contributed by atoms with van der Waals surface area (Å²) in [5.41, 5.74) is 5.94. The van der Waals surface area contributed by atoms with Gasteiger partial charge >= 0.3 is 0 Å². The Kier molecular flexibility index (Phi) is 4.72. The van der Waals surface area contributed by atoms with E-state index in [0.29, 0.717) is 11.3 Å². The minimum atomic E-state index is -0.768. The monoisotopic (exact) mass is 372 g/mol. The van der Waals surface area contributed by atoms with Crippen LogP contribution < -0.4 is 5.73 Å². The van der Waals surface area contributed by atoms with Crippen LogP contribution in [0.4, 0.5) is 10.1 Å². The number of hydrogen-bond donors (Lipinski definition) is 1. The van der Waals surface area contributed by atoms with Gasteiger partial charge in [0.25, 0.3) is 11.6 Å². The number of amides is 1. The average Bonchev–Trinajstić information content (AvgIpc) is 3.07. The van der Waals surface area contributed by atoms with E-state index in [1.54, 1.807) is 23.9 Å². The fourth-order valence-corrected chi connectivity index (χ4v) is 2.88. The van der Waals surface area contributed by atoms with Crippen LogP contribution in [0.2, 0.25) is 0 Å². The Morgan fingerprint density at radius 2 is 1.92 bits per heavy atom. The van der Waals surface area contributed by atoms with Gasteiger partial charge in [0.05, 0.1) is 16.7 Å². The van der Waals surface area contributed by atoms with Crippen LogP contribution in [0.3, 0.4) is 0 Å². The van der Waals surface area contributed by atoms with E-state index in [4.69, 9.17) is 5.73 Å². The number of benzene rings is 2. The molecule has 0 aliphatic heterocycles. The van der Waals surface area contributed by atoms with E-state index in [9.17, 15) is 19.3 Å². The Morgan fingerprint density at radius 3 is 2.50 bits per heavy atom. The number of hydrogen-bond acceptors (Lipinski definition) is 5. The number of thioether (sulfide) groups is 1. The molecule has 1 amide bonds. The molecule has 0 bridgehead atoms. The van der Waals surface area contributed by atoms with Crippen molar-refractivity contribution in [2.45, 2.75) is 4.90 Å². The molecule has 3 aromatic rings. The molecule has 2 aromatic carbocycles. The fraction of sp³-hybridized carbons (Fsp3) is 0.0588. The van der Waals surface area contributed by atoms with E-state index >= 15 is 0 Å². The molecule has 0 radical (unpaired) electrons. The summed E-state index contributed by atoms with van der Waals surface area (Å²) >= 11 is 1.56. The molecule has 0 fully saturated rings. The Hall–Kier alpha value is -3.20. The number of carbonyl (C=O) groups is 1. The van der Waals surface area contributed by atoms with Gasteiger partial charge in [0.2, 0.25) is 0 Å². The molecule has 0 aliphatic rings. The van der Waals surface area contributed by atoms with E-state index in [1.165, 1.54) is 16.8 Å². The van der Waals surface area contributed by atoms with Crippen molar-refractivity contribution in [2.24, 2.45) is 5.73 Å². The Bertz CT molecular complexity index is 1000. The van der Waals surface area contributed by atoms with Crippen LogP contribution in [0.5, 0.6) is 0 Å². The second-order valence-corrected chi connectivity index (χ2v) is 6.19. The normalized spacial score (nSPS) is 10.7. The van der Waals surface area contributed by atoms with Gasteiger partial charge < -0.3 is 5.73 Å². The predicted molar refractivity (Wildman–Crippen MR) is 95.9 cm³/mol. The fourth-order valence-electron chi connectivity index (χ4n) is 2.47. The Balaban J connectivity index is 2.24. The summed E-state index contributed by atoms with van der Waals surface area (Å²) in [5, 5.41) is 15.4. The van der Waals surface area contributed by atoms with Gasteiger partial charge in [0.1, 0.15) is 11.5 Å². The summed E-state index contributed by atoms with van der Waals surface area (Å²) in [6, 6.07) is 11.9. The smallest absolute Gasteiger partial charge is 0.297 e. The third-order valence-corrected chi connectivity index (χ3v) is 4.45. The molecule has 1 heterocycles. The molecule has 0 saturated carbocycles. The number of nitro groups is 1. The molecule has 0 unspecified atom stereocenters. The largest absolute Gasteiger partial charge is 0.364 e. The van der Waals surface area contributed by atoms with Crippen LogP contribution in [-0.2, 0) is 0 Å². The number of primary amides is 1.